The van der Waals surface area contributed by atoms with Crippen LogP contribution in [-0.4, -0.2) is 51.1 Å². The molecule has 2 aliphatic rings. The fourth-order valence-electron chi connectivity index (χ4n) is 3.18. The molecule has 0 bridgehead atoms. The van der Waals surface area contributed by atoms with Gasteiger partial charge in [-0.3, -0.25) is 0 Å². The minimum atomic E-state index is 0.250. The topological polar surface area (TPSA) is 42.5 Å². The molecule has 2 rings (SSSR count). The van der Waals surface area contributed by atoms with E-state index < -0.39 is 0 Å². The number of rotatable bonds is 5. The smallest absolute Gasteiger partial charge is 0.0652 e. The molecule has 2 N–H and O–H groups in total. The molecular formula is C14H28N2O2. The molecule has 4 atom stereocenters. The van der Waals surface area contributed by atoms with Crippen molar-refractivity contribution in [3.8, 4) is 0 Å². The van der Waals surface area contributed by atoms with Crippen LogP contribution in [0, 0.1) is 5.41 Å². The Labute approximate surface area is 111 Å². The molecule has 1 heterocycles. The molecule has 0 spiro atoms. The summed E-state index contributed by atoms with van der Waals surface area (Å²) in [6.07, 6.45) is 2.66. The van der Waals surface area contributed by atoms with Crippen molar-refractivity contribution in [2.75, 3.05) is 26.9 Å². The third kappa shape index (κ3) is 3.05. The van der Waals surface area contributed by atoms with E-state index in [1.165, 1.54) is 0 Å². The number of morpholine rings is 1. The average molecular weight is 256 g/mol. The van der Waals surface area contributed by atoms with Crippen molar-refractivity contribution < 1.29 is 9.47 Å². The van der Waals surface area contributed by atoms with Crippen molar-refractivity contribution in [1.29, 1.82) is 0 Å². The highest BCUT2D eigenvalue weighted by molar-refractivity contribution is 5.03. The molecule has 4 heteroatoms. The van der Waals surface area contributed by atoms with E-state index in [1.54, 1.807) is 0 Å². The van der Waals surface area contributed by atoms with Gasteiger partial charge in [-0.25, -0.2) is 0 Å². The molecule has 4 unspecified atom stereocenters. The third-order valence-corrected chi connectivity index (χ3v) is 4.58. The van der Waals surface area contributed by atoms with E-state index in [-0.39, 0.29) is 5.41 Å². The zero-order chi connectivity index (χ0) is 13.2. The summed E-state index contributed by atoms with van der Waals surface area (Å²) in [6, 6.07) is 1.59. The van der Waals surface area contributed by atoms with Crippen LogP contribution >= 0.6 is 0 Å². The van der Waals surface area contributed by atoms with Gasteiger partial charge < -0.3 is 20.1 Å². The lowest BCUT2D eigenvalue weighted by Gasteiger charge is -2.52. The van der Waals surface area contributed by atoms with Crippen LogP contribution in [0.5, 0.6) is 0 Å². The van der Waals surface area contributed by atoms with E-state index in [2.05, 4.69) is 31.4 Å². The standard InChI is InChI=1S/C14H28N2O2/c1-10(7-11-9-18-6-5-15-11)16-12-8-13(17-4)14(12,2)3/h10-13,15-16H,5-9H2,1-4H3. The highest BCUT2D eigenvalue weighted by atomic mass is 16.5. The number of hydrogen-bond donors (Lipinski definition) is 2. The second kappa shape index (κ2) is 5.87. The van der Waals surface area contributed by atoms with Gasteiger partial charge in [0.2, 0.25) is 0 Å². The van der Waals surface area contributed by atoms with Gasteiger partial charge in [0.15, 0.2) is 0 Å². The molecule has 1 aliphatic heterocycles. The Balaban J connectivity index is 1.73. The monoisotopic (exact) mass is 256 g/mol. The van der Waals surface area contributed by atoms with Gasteiger partial charge in [0.05, 0.1) is 19.3 Å². The van der Waals surface area contributed by atoms with E-state index in [0.717, 1.165) is 32.6 Å². The molecule has 0 aromatic rings. The summed E-state index contributed by atoms with van der Waals surface area (Å²) in [5.41, 5.74) is 0.250. The first-order valence-corrected chi connectivity index (χ1v) is 7.14. The van der Waals surface area contributed by atoms with Crippen LogP contribution in [0.2, 0.25) is 0 Å². The van der Waals surface area contributed by atoms with E-state index >= 15 is 0 Å². The number of methoxy groups -OCH3 is 1. The molecular weight excluding hydrogens is 228 g/mol. The Morgan fingerprint density at radius 1 is 1.50 bits per heavy atom. The summed E-state index contributed by atoms with van der Waals surface area (Å²) in [6.45, 7) is 9.53. The molecule has 106 valence electrons. The Bertz CT molecular complexity index is 265. The van der Waals surface area contributed by atoms with Crippen LogP contribution in [0.25, 0.3) is 0 Å². The summed E-state index contributed by atoms with van der Waals surface area (Å²) in [4.78, 5) is 0. The van der Waals surface area contributed by atoms with Crippen LogP contribution in [0.4, 0.5) is 0 Å². The Hall–Kier alpha value is -0.160. The van der Waals surface area contributed by atoms with Crippen LogP contribution in [-0.2, 0) is 9.47 Å². The first-order chi connectivity index (χ1) is 8.54. The zero-order valence-corrected chi connectivity index (χ0v) is 12.2. The molecule has 0 aromatic carbocycles. The van der Waals surface area contributed by atoms with E-state index in [0.29, 0.717) is 24.2 Å². The van der Waals surface area contributed by atoms with Crippen LogP contribution in [0.1, 0.15) is 33.6 Å². The highest BCUT2D eigenvalue weighted by Gasteiger charge is 2.48. The number of hydrogen-bond acceptors (Lipinski definition) is 4. The fraction of sp³-hybridized carbons (Fsp3) is 1.00. The molecule has 1 saturated heterocycles. The van der Waals surface area contributed by atoms with Gasteiger partial charge in [-0.2, -0.15) is 0 Å². The summed E-state index contributed by atoms with van der Waals surface area (Å²) in [5, 5.41) is 7.25. The van der Waals surface area contributed by atoms with Gasteiger partial charge >= 0.3 is 0 Å². The average Bonchev–Trinajstić information content (AvgIpc) is 2.35. The second-order valence-electron chi connectivity index (χ2n) is 6.36. The number of ether oxygens (including phenoxy) is 2. The Morgan fingerprint density at radius 2 is 2.28 bits per heavy atom. The fourth-order valence-corrected chi connectivity index (χ4v) is 3.18. The van der Waals surface area contributed by atoms with Crippen molar-refractivity contribution in [1.82, 2.24) is 10.6 Å². The maximum absolute atomic E-state index is 5.49. The van der Waals surface area contributed by atoms with Gasteiger partial charge in [0.25, 0.3) is 0 Å². The van der Waals surface area contributed by atoms with Crippen molar-refractivity contribution >= 4 is 0 Å². The van der Waals surface area contributed by atoms with Gasteiger partial charge in [0.1, 0.15) is 0 Å². The van der Waals surface area contributed by atoms with E-state index in [1.807, 2.05) is 7.11 Å². The lowest BCUT2D eigenvalue weighted by molar-refractivity contribution is -0.100. The molecule has 0 aromatic heterocycles. The summed E-state index contributed by atoms with van der Waals surface area (Å²) in [5.74, 6) is 0. The predicted octanol–water partition coefficient (Wildman–Crippen LogP) is 1.16. The largest absolute Gasteiger partial charge is 0.381 e. The molecule has 2 fully saturated rings. The Morgan fingerprint density at radius 3 is 2.83 bits per heavy atom. The summed E-state index contributed by atoms with van der Waals surface area (Å²) < 4.78 is 11.0. The molecule has 4 nitrogen and oxygen atoms in total. The van der Waals surface area contributed by atoms with Crippen LogP contribution in [0.15, 0.2) is 0 Å². The molecule has 18 heavy (non-hydrogen) atoms. The van der Waals surface area contributed by atoms with Crippen LogP contribution in [0.3, 0.4) is 0 Å². The molecule has 1 aliphatic carbocycles. The summed E-state index contributed by atoms with van der Waals surface area (Å²) in [7, 11) is 1.81. The van der Waals surface area contributed by atoms with E-state index in [9.17, 15) is 0 Å². The molecule has 0 radical (unpaired) electrons. The first-order valence-electron chi connectivity index (χ1n) is 7.14. The lowest BCUT2D eigenvalue weighted by atomic mass is 9.64. The van der Waals surface area contributed by atoms with Crippen molar-refractivity contribution in [2.45, 2.75) is 57.8 Å². The minimum absolute atomic E-state index is 0.250. The molecule has 0 amide bonds. The van der Waals surface area contributed by atoms with Crippen LogP contribution < -0.4 is 10.6 Å². The zero-order valence-electron chi connectivity index (χ0n) is 12.2. The quantitative estimate of drug-likeness (QED) is 0.774. The second-order valence-corrected chi connectivity index (χ2v) is 6.36. The Kier molecular flexibility index (Phi) is 4.64. The van der Waals surface area contributed by atoms with Crippen molar-refractivity contribution in [3.05, 3.63) is 0 Å². The summed E-state index contributed by atoms with van der Waals surface area (Å²) >= 11 is 0. The first kappa shape index (κ1) is 14.3. The van der Waals surface area contributed by atoms with Gasteiger partial charge in [-0.1, -0.05) is 13.8 Å². The number of nitrogens with one attached hydrogen (secondary N) is 2. The van der Waals surface area contributed by atoms with Gasteiger partial charge in [-0.15, -0.1) is 0 Å². The minimum Gasteiger partial charge on any atom is -0.381 e. The highest BCUT2D eigenvalue weighted by Crippen LogP contribution is 2.42. The predicted molar refractivity (Wildman–Crippen MR) is 72.8 cm³/mol. The SMILES string of the molecule is COC1CC(NC(C)CC2COCCN2)C1(C)C. The molecule has 1 saturated carbocycles. The third-order valence-electron chi connectivity index (χ3n) is 4.58. The maximum Gasteiger partial charge on any atom is 0.0652 e. The van der Waals surface area contributed by atoms with Crippen molar-refractivity contribution in [3.63, 3.8) is 0 Å². The van der Waals surface area contributed by atoms with E-state index in [4.69, 9.17) is 9.47 Å². The lowest BCUT2D eigenvalue weighted by Crippen LogP contribution is -2.62. The normalized spacial score (nSPS) is 37.0. The van der Waals surface area contributed by atoms with Gasteiger partial charge in [0, 0.05) is 37.2 Å². The van der Waals surface area contributed by atoms with Gasteiger partial charge in [-0.05, 0) is 19.8 Å². The maximum atomic E-state index is 5.49. The van der Waals surface area contributed by atoms with Crippen molar-refractivity contribution in [2.24, 2.45) is 5.41 Å².